The van der Waals surface area contributed by atoms with Gasteiger partial charge < -0.3 is 14.8 Å². The lowest BCUT2D eigenvalue weighted by Crippen LogP contribution is -2.34. The zero-order chi connectivity index (χ0) is 27.7. The molecule has 1 aromatic heterocycles. The molecule has 0 aliphatic carbocycles. The summed E-state index contributed by atoms with van der Waals surface area (Å²) in [6.07, 6.45) is 17.9. The van der Waals surface area contributed by atoms with Crippen LogP contribution in [0.5, 0.6) is 11.5 Å². The van der Waals surface area contributed by atoms with Crippen molar-refractivity contribution in [1.82, 2.24) is 0 Å². The summed E-state index contributed by atoms with van der Waals surface area (Å²) in [7, 11) is 1.64. The maximum atomic E-state index is 12.9. The molecule has 0 aliphatic heterocycles. The number of methoxy groups -OCH3 is 1. The van der Waals surface area contributed by atoms with Crippen molar-refractivity contribution in [3.05, 3.63) is 70.2 Å². The van der Waals surface area contributed by atoms with Gasteiger partial charge in [0.25, 0.3) is 5.91 Å². The lowest BCUT2D eigenvalue weighted by Gasteiger charge is -2.13. The Kier molecular flexibility index (Phi) is 13.9. The van der Waals surface area contributed by atoms with E-state index in [1.54, 1.807) is 18.4 Å². The van der Waals surface area contributed by atoms with E-state index < -0.39 is 0 Å². The molecule has 3 rings (SSSR count). The smallest absolute Gasteiger partial charge is 0.255 e. The van der Waals surface area contributed by atoms with E-state index in [9.17, 15) is 4.79 Å². The van der Waals surface area contributed by atoms with E-state index in [1.807, 2.05) is 42.5 Å². The number of unbranched alkanes of at least 4 members (excludes halogenated alkanes) is 11. The molecule has 5 nitrogen and oxygen atoms in total. The van der Waals surface area contributed by atoms with E-state index in [4.69, 9.17) is 9.47 Å². The summed E-state index contributed by atoms with van der Waals surface area (Å²) in [6, 6.07) is 13.3. The molecule has 0 radical (unpaired) electrons. The molecule has 3 aromatic rings. The van der Waals surface area contributed by atoms with Crippen LogP contribution < -0.4 is 19.4 Å². The highest BCUT2D eigenvalue weighted by Gasteiger charge is 2.12. The normalized spacial score (nSPS) is 10.9. The van der Waals surface area contributed by atoms with Crippen molar-refractivity contribution in [2.45, 2.75) is 97.4 Å². The highest BCUT2D eigenvalue weighted by molar-refractivity contribution is 7.09. The maximum Gasteiger partial charge on any atom is 0.255 e. The Bertz CT molecular complexity index is 1110. The Morgan fingerprint density at radius 2 is 1.49 bits per heavy atom. The van der Waals surface area contributed by atoms with Gasteiger partial charge in [0.2, 0.25) is 5.01 Å². The predicted octanol–water partition coefficient (Wildman–Crippen LogP) is 8.73. The first-order valence-electron chi connectivity index (χ1n) is 14.8. The summed E-state index contributed by atoms with van der Waals surface area (Å²) in [5.74, 6) is 1.20. The molecule has 1 N–H and O–H groups in total. The Balaban J connectivity index is 1.37. The second kappa shape index (κ2) is 17.7. The molecule has 6 heteroatoms. The molecular formula is C33H47N2O3S+. The standard InChI is InChI=1S/C33H46N2O3S/c1-4-5-6-7-8-9-10-11-12-13-14-15-23-38-32-25-30(20-21-31(32)37-3)34-33(36)29-18-16-28(17-19-29)26-35-22-24-39-27(35)2/h16-22,24-25H,4-15,23,26H2,1-3H3/p+1. The van der Waals surface area contributed by atoms with Crippen molar-refractivity contribution >= 4 is 22.9 Å². The first-order valence-corrected chi connectivity index (χ1v) is 15.6. The maximum absolute atomic E-state index is 12.9. The van der Waals surface area contributed by atoms with Gasteiger partial charge in [-0.15, -0.1) is 0 Å². The molecule has 212 valence electrons. The van der Waals surface area contributed by atoms with E-state index in [1.165, 1.54) is 75.6 Å². The van der Waals surface area contributed by atoms with E-state index >= 15 is 0 Å². The van der Waals surface area contributed by atoms with Crippen LogP contribution >= 0.6 is 11.3 Å². The van der Waals surface area contributed by atoms with Crippen LogP contribution in [0.3, 0.4) is 0 Å². The van der Waals surface area contributed by atoms with Crippen LogP contribution in [-0.4, -0.2) is 19.6 Å². The Morgan fingerprint density at radius 3 is 2.08 bits per heavy atom. The minimum absolute atomic E-state index is 0.141. The number of ether oxygens (including phenoxy) is 2. The summed E-state index contributed by atoms with van der Waals surface area (Å²) in [5.41, 5.74) is 2.48. The number of carbonyl (C=O) groups is 1. The van der Waals surface area contributed by atoms with Crippen molar-refractivity contribution in [2.24, 2.45) is 0 Å². The molecule has 0 saturated carbocycles. The van der Waals surface area contributed by atoms with E-state index in [-0.39, 0.29) is 5.91 Å². The first kappa shape index (κ1) is 30.7. The van der Waals surface area contributed by atoms with Crippen molar-refractivity contribution in [1.29, 1.82) is 0 Å². The Labute approximate surface area is 239 Å². The van der Waals surface area contributed by atoms with Gasteiger partial charge in [-0.1, -0.05) is 101 Å². The summed E-state index contributed by atoms with van der Waals surface area (Å²) in [5, 5.41) is 6.34. The lowest BCUT2D eigenvalue weighted by atomic mass is 10.1. The van der Waals surface area contributed by atoms with Gasteiger partial charge in [0.15, 0.2) is 24.2 Å². The molecular weight excluding hydrogens is 504 g/mol. The highest BCUT2D eigenvalue weighted by atomic mass is 32.1. The van der Waals surface area contributed by atoms with Gasteiger partial charge in [-0.05, 0) is 30.7 Å². The van der Waals surface area contributed by atoms with Crippen LogP contribution in [0.1, 0.15) is 105 Å². The van der Waals surface area contributed by atoms with Crippen molar-refractivity contribution in [3.8, 4) is 11.5 Å². The van der Waals surface area contributed by atoms with Crippen LogP contribution in [0.15, 0.2) is 54.0 Å². The number of amides is 1. The van der Waals surface area contributed by atoms with Gasteiger partial charge in [-0.2, -0.15) is 4.57 Å². The van der Waals surface area contributed by atoms with Gasteiger partial charge >= 0.3 is 0 Å². The third-order valence-electron chi connectivity index (χ3n) is 7.13. The van der Waals surface area contributed by atoms with Crippen LogP contribution in [0.4, 0.5) is 5.69 Å². The molecule has 1 heterocycles. The topological polar surface area (TPSA) is 51.4 Å². The average Bonchev–Trinajstić information content (AvgIpc) is 3.35. The number of rotatable bonds is 19. The Hall–Kier alpha value is -2.86. The number of benzene rings is 2. The molecule has 0 atom stereocenters. The third kappa shape index (κ3) is 11.0. The van der Waals surface area contributed by atoms with Gasteiger partial charge in [0, 0.05) is 29.8 Å². The number of nitrogens with one attached hydrogen (secondary N) is 1. The monoisotopic (exact) mass is 551 g/mol. The van der Waals surface area contributed by atoms with Crippen molar-refractivity contribution in [3.63, 3.8) is 0 Å². The minimum atomic E-state index is -0.141. The molecule has 0 saturated heterocycles. The number of anilines is 1. The molecule has 0 unspecified atom stereocenters. The first-order chi connectivity index (χ1) is 19.1. The van der Waals surface area contributed by atoms with E-state index in [2.05, 4.69) is 35.3 Å². The number of carbonyl (C=O) groups excluding carboxylic acids is 1. The van der Waals surface area contributed by atoms with Crippen LogP contribution in [0.2, 0.25) is 0 Å². The largest absolute Gasteiger partial charge is 0.493 e. The van der Waals surface area contributed by atoms with E-state index in [0.717, 1.165) is 18.5 Å². The molecule has 39 heavy (non-hydrogen) atoms. The molecule has 0 fully saturated rings. The number of hydrogen-bond donors (Lipinski definition) is 1. The van der Waals surface area contributed by atoms with E-state index in [0.29, 0.717) is 29.4 Å². The second-order valence-electron chi connectivity index (χ2n) is 10.3. The fraction of sp³-hybridized carbons (Fsp3) is 0.515. The quantitative estimate of drug-likeness (QED) is 0.120. The summed E-state index contributed by atoms with van der Waals surface area (Å²) in [6.45, 7) is 5.83. The molecule has 0 bridgehead atoms. The molecule has 1 amide bonds. The fourth-order valence-electron chi connectivity index (χ4n) is 4.69. The Morgan fingerprint density at radius 1 is 0.846 bits per heavy atom. The van der Waals surface area contributed by atoms with Crippen LogP contribution in [-0.2, 0) is 6.54 Å². The molecule has 0 spiro atoms. The summed E-state index contributed by atoms with van der Waals surface area (Å²) >= 11 is 1.73. The predicted molar refractivity (Wildman–Crippen MR) is 162 cm³/mol. The highest BCUT2D eigenvalue weighted by Crippen LogP contribution is 2.30. The number of nitrogens with zero attached hydrogens (tertiary/aromatic N) is 1. The average molecular weight is 552 g/mol. The SMILES string of the molecule is CCCCCCCCCCCCCCOc1cc(NC(=O)c2ccc(C[n+]3ccsc3C)cc2)ccc1OC. The van der Waals surface area contributed by atoms with Crippen LogP contribution in [0.25, 0.3) is 0 Å². The van der Waals surface area contributed by atoms with Gasteiger partial charge in [-0.3, -0.25) is 4.79 Å². The van der Waals surface area contributed by atoms with Gasteiger partial charge in [0.05, 0.1) is 19.1 Å². The number of thiazole rings is 1. The number of hydrogen-bond acceptors (Lipinski definition) is 4. The summed E-state index contributed by atoms with van der Waals surface area (Å²) in [4.78, 5) is 12.9. The second-order valence-corrected chi connectivity index (χ2v) is 11.4. The molecule has 2 aromatic carbocycles. The number of aromatic nitrogens is 1. The van der Waals surface area contributed by atoms with Gasteiger partial charge in [0.1, 0.15) is 0 Å². The molecule has 0 aliphatic rings. The fourth-order valence-corrected chi connectivity index (χ4v) is 5.36. The zero-order valence-corrected chi connectivity index (χ0v) is 25.0. The number of aryl methyl sites for hydroxylation is 1. The minimum Gasteiger partial charge on any atom is -0.493 e. The van der Waals surface area contributed by atoms with Crippen molar-refractivity contribution in [2.75, 3.05) is 19.0 Å². The van der Waals surface area contributed by atoms with Crippen molar-refractivity contribution < 1.29 is 18.8 Å². The zero-order valence-electron chi connectivity index (χ0n) is 24.2. The lowest BCUT2D eigenvalue weighted by molar-refractivity contribution is -0.689. The third-order valence-corrected chi connectivity index (χ3v) is 7.96. The van der Waals surface area contributed by atoms with Crippen LogP contribution in [0, 0.1) is 6.92 Å². The van der Waals surface area contributed by atoms with Gasteiger partial charge in [-0.25, -0.2) is 0 Å². The summed E-state index contributed by atoms with van der Waals surface area (Å²) < 4.78 is 13.7.